The smallest absolute Gasteiger partial charge is 0.261 e. The molecule has 0 spiro atoms. The minimum atomic E-state index is -1.47. The van der Waals surface area contributed by atoms with Gasteiger partial charge in [0.05, 0.1) is 13.2 Å². The summed E-state index contributed by atoms with van der Waals surface area (Å²) in [5, 5.41) is 13.3. The lowest BCUT2D eigenvalue weighted by Gasteiger charge is -2.27. The predicted octanol–water partition coefficient (Wildman–Crippen LogP) is 1.37. The van der Waals surface area contributed by atoms with Crippen molar-refractivity contribution in [1.29, 1.82) is 0 Å². The van der Waals surface area contributed by atoms with Crippen molar-refractivity contribution in [3.63, 3.8) is 0 Å². The van der Waals surface area contributed by atoms with E-state index in [-0.39, 0.29) is 12.2 Å². The van der Waals surface area contributed by atoms with Crippen LogP contribution in [0.2, 0.25) is 0 Å². The minimum Gasteiger partial charge on any atom is -0.375 e. The van der Waals surface area contributed by atoms with Crippen LogP contribution in [0.25, 0.3) is 0 Å². The van der Waals surface area contributed by atoms with Crippen LogP contribution in [0.4, 0.5) is 5.69 Å². The normalized spacial score (nSPS) is 27.1. The number of benzene rings is 1. The van der Waals surface area contributed by atoms with Gasteiger partial charge in [-0.05, 0) is 18.9 Å². The number of ether oxygens (including phenoxy) is 2. The lowest BCUT2D eigenvalue weighted by Crippen LogP contribution is -2.36. The molecule has 0 saturated carbocycles. The molecule has 1 saturated heterocycles. The van der Waals surface area contributed by atoms with Gasteiger partial charge in [0.25, 0.3) is 5.91 Å². The van der Waals surface area contributed by atoms with Gasteiger partial charge in [-0.25, -0.2) is 0 Å². The Morgan fingerprint density at radius 2 is 2.05 bits per heavy atom. The van der Waals surface area contributed by atoms with Gasteiger partial charge in [0.1, 0.15) is 0 Å². The molecule has 0 bridgehead atoms. The standard InChI is InChI=1S/C14H17NO4/c16-13-14(17,7-6-12-18-8-3-9-19-12)10-4-1-2-5-11(10)15-13/h1-2,4-5,12,17H,3,6-9H2,(H,15,16)/t14-/m0/s1. The molecule has 0 unspecified atom stereocenters. The Morgan fingerprint density at radius 1 is 1.32 bits per heavy atom. The van der Waals surface area contributed by atoms with E-state index in [1.54, 1.807) is 12.1 Å². The number of para-hydroxylation sites is 1. The van der Waals surface area contributed by atoms with Gasteiger partial charge >= 0.3 is 0 Å². The largest absolute Gasteiger partial charge is 0.375 e. The molecule has 19 heavy (non-hydrogen) atoms. The Hall–Kier alpha value is -1.43. The SMILES string of the molecule is O=C1Nc2ccccc2[C@@]1(O)CCC1OCCCO1. The summed E-state index contributed by atoms with van der Waals surface area (Å²) in [6.45, 7) is 1.34. The molecule has 1 amide bonds. The Morgan fingerprint density at radius 3 is 2.84 bits per heavy atom. The number of carbonyl (C=O) groups excluding carboxylic acids is 1. The fourth-order valence-corrected chi connectivity index (χ4v) is 2.58. The highest BCUT2D eigenvalue weighted by Crippen LogP contribution is 2.39. The van der Waals surface area contributed by atoms with Gasteiger partial charge < -0.3 is 19.9 Å². The number of fused-ring (bicyclic) bond motifs is 1. The van der Waals surface area contributed by atoms with Gasteiger partial charge in [-0.3, -0.25) is 4.79 Å². The highest BCUT2D eigenvalue weighted by Gasteiger charge is 2.45. The van der Waals surface area contributed by atoms with Crippen molar-refractivity contribution in [2.75, 3.05) is 18.5 Å². The van der Waals surface area contributed by atoms with E-state index in [0.717, 1.165) is 6.42 Å². The number of rotatable bonds is 3. The molecule has 2 N–H and O–H groups in total. The monoisotopic (exact) mass is 263 g/mol. The van der Waals surface area contributed by atoms with E-state index in [0.29, 0.717) is 37.3 Å². The van der Waals surface area contributed by atoms with Crippen LogP contribution in [-0.2, 0) is 19.9 Å². The van der Waals surface area contributed by atoms with Crippen molar-refractivity contribution >= 4 is 11.6 Å². The fraction of sp³-hybridized carbons (Fsp3) is 0.500. The quantitative estimate of drug-likeness (QED) is 0.864. The van der Waals surface area contributed by atoms with Crippen LogP contribution < -0.4 is 5.32 Å². The molecule has 1 atom stereocenters. The molecule has 2 heterocycles. The molecule has 0 aromatic heterocycles. The van der Waals surface area contributed by atoms with Crippen LogP contribution in [0.15, 0.2) is 24.3 Å². The van der Waals surface area contributed by atoms with Crippen LogP contribution >= 0.6 is 0 Å². The zero-order valence-corrected chi connectivity index (χ0v) is 10.6. The van der Waals surface area contributed by atoms with Gasteiger partial charge in [-0.15, -0.1) is 0 Å². The average molecular weight is 263 g/mol. The molecule has 5 heteroatoms. The van der Waals surface area contributed by atoms with Gasteiger partial charge in [-0.1, -0.05) is 18.2 Å². The van der Waals surface area contributed by atoms with Crippen molar-refractivity contribution in [2.45, 2.75) is 31.2 Å². The first kappa shape index (κ1) is 12.6. The highest BCUT2D eigenvalue weighted by atomic mass is 16.7. The molecule has 0 aliphatic carbocycles. The fourth-order valence-electron chi connectivity index (χ4n) is 2.58. The maximum Gasteiger partial charge on any atom is 0.261 e. The molecule has 102 valence electrons. The molecular weight excluding hydrogens is 246 g/mol. The Labute approximate surface area is 111 Å². The molecule has 2 aliphatic rings. The van der Waals surface area contributed by atoms with Crippen LogP contribution in [0.5, 0.6) is 0 Å². The summed E-state index contributed by atoms with van der Waals surface area (Å²) in [7, 11) is 0. The van der Waals surface area contributed by atoms with Crippen molar-refractivity contribution in [2.24, 2.45) is 0 Å². The predicted molar refractivity (Wildman–Crippen MR) is 68.5 cm³/mol. The van der Waals surface area contributed by atoms with Crippen LogP contribution in [0.1, 0.15) is 24.8 Å². The van der Waals surface area contributed by atoms with Crippen molar-refractivity contribution in [1.82, 2.24) is 0 Å². The lowest BCUT2D eigenvalue weighted by molar-refractivity contribution is -0.187. The molecule has 1 fully saturated rings. The van der Waals surface area contributed by atoms with Crippen molar-refractivity contribution in [3.05, 3.63) is 29.8 Å². The van der Waals surface area contributed by atoms with Gasteiger partial charge in [0, 0.05) is 17.7 Å². The summed E-state index contributed by atoms with van der Waals surface area (Å²) < 4.78 is 10.9. The zero-order chi connectivity index (χ0) is 13.3. The number of amides is 1. The first-order valence-corrected chi connectivity index (χ1v) is 6.57. The van der Waals surface area contributed by atoms with Gasteiger partial charge in [-0.2, -0.15) is 0 Å². The second-order valence-electron chi connectivity index (χ2n) is 4.92. The Balaban J connectivity index is 1.73. The molecule has 2 aliphatic heterocycles. The molecule has 5 nitrogen and oxygen atoms in total. The second kappa shape index (κ2) is 4.92. The summed E-state index contributed by atoms with van der Waals surface area (Å²) >= 11 is 0. The van der Waals surface area contributed by atoms with E-state index >= 15 is 0 Å². The topological polar surface area (TPSA) is 67.8 Å². The van der Waals surface area contributed by atoms with E-state index in [2.05, 4.69) is 5.32 Å². The second-order valence-corrected chi connectivity index (χ2v) is 4.92. The van der Waals surface area contributed by atoms with Gasteiger partial charge in [0.2, 0.25) is 0 Å². The number of nitrogens with one attached hydrogen (secondary N) is 1. The van der Waals surface area contributed by atoms with E-state index in [1.807, 2.05) is 12.1 Å². The summed E-state index contributed by atoms with van der Waals surface area (Å²) in [6.07, 6.45) is 1.36. The average Bonchev–Trinajstić information content (AvgIpc) is 2.71. The molecule has 1 aromatic rings. The maximum absolute atomic E-state index is 12.0. The zero-order valence-electron chi connectivity index (χ0n) is 10.6. The first-order valence-electron chi connectivity index (χ1n) is 6.57. The summed E-state index contributed by atoms with van der Waals surface area (Å²) in [6, 6.07) is 7.21. The Bertz CT molecular complexity index is 484. The maximum atomic E-state index is 12.0. The Kier molecular flexibility index (Phi) is 3.26. The number of anilines is 1. The highest BCUT2D eigenvalue weighted by molar-refractivity contribution is 6.04. The summed E-state index contributed by atoms with van der Waals surface area (Å²) in [4.78, 5) is 12.0. The first-order chi connectivity index (χ1) is 9.20. The number of carbonyl (C=O) groups is 1. The van der Waals surface area contributed by atoms with Crippen LogP contribution in [0.3, 0.4) is 0 Å². The summed E-state index contributed by atoms with van der Waals surface area (Å²) in [5.74, 6) is -0.371. The molecule has 0 radical (unpaired) electrons. The molecule has 1 aromatic carbocycles. The van der Waals surface area contributed by atoms with Crippen molar-refractivity contribution < 1.29 is 19.4 Å². The van der Waals surface area contributed by atoms with E-state index in [1.165, 1.54) is 0 Å². The molecular formula is C14H17NO4. The number of hydrogen-bond acceptors (Lipinski definition) is 4. The van der Waals surface area contributed by atoms with E-state index in [9.17, 15) is 9.90 Å². The van der Waals surface area contributed by atoms with E-state index in [4.69, 9.17) is 9.47 Å². The minimum absolute atomic E-state index is 0.292. The van der Waals surface area contributed by atoms with Gasteiger partial charge in [0.15, 0.2) is 11.9 Å². The third kappa shape index (κ3) is 2.25. The van der Waals surface area contributed by atoms with Crippen LogP contribution in [-0.4, -0.2) is 30.5 Å². The third-order valence-electron chi connectivity index (χ3n) is 3.63. The summed E-state index contributed by atoms with van der Waals surface area (Å²) in [5.41, 5.74) is -0.155. The lowest BCUT2D eigenvalue weighted by atomic mass is 9.90. The van der Waals surface area contributed by atoms with Crippen molar-refractivity contribution in [3.8, 4) is 0 Å². The van der Waals surface area contributed by atoms with E-state index < -0.39 is 5.60 Å². The third-order valence-corrected chi connectivity index (χ3v) is 3.63. The number of hydrogen-bond donors (Lipinski definition) is 2. The molecule has 3 rings (SSSR count). The number of aliphatic hydroxyl groups is 1. The van der Waals surface area contributed by atoms with Crippen LogP contribution in [0, 0.1) is 0 Å².